The van der Waals surface area contributed by atoms with Crippen LogP contribution in [0.5, 0.6) is 5.75 Å². The summed E-state index contributed by atoms with van der Waals surface area (Å²) in [7, 11) is 0. The molecular formula is C26H36ClN3O3S. The van der Waals surface area contributed by atoms with Crippen LogP contribution in [0.1, 0.15) is 56.2 Å². The molecule has 1 aliphatic heterocycles. The topological polar surface area (TPSA) is 61.9 Å². The number of halogens is 1. The van der Waals surface area contributed by atoms with Crippen LogP contribution in [0, 0.1) is 12.8 Å². The molecule has 0 saturated carbocycles. The van der Waals surface area contributed by atoms with E-state index < -0.39 is 0 Å². The summed E-state index contributed by atoms with van der Waals surface area (Å²) in [6.07, 6.45) is 1.66. The van der Waals surface area contributed by atoms with Gasteiger partial charge in [-0.2, -0.15) is 0 Å². The fourth-order valence-corrected chi connectivity index (χ4v) is 5.06. The predicted molar refractivity (Wildman–Crippen MR) is 139 cm³/mol. The molecule has 3 rings (SSSR count). The van der Waals surface area contributed by atoms with Crippen molar-refractivity contribution in [2.24, 2.45) is 5.92 Å². The Balaban J connectivity index is 1.76. The fraction of sp³-hybridized carbons (Fsp3) is 0.538. The Bertz CT molecular complexity index is 991. The summed E-state index contributed by atoms with van der Waals surface area (Å²) in [6.45, 7) is 11.6. The zero-order valence-corrected chi connectivity index (χ0v) is 22.3. The summed E-state index contributed by atoms with van der Waals surface area (Å²) in [5, 5.41) is 5.71. The standard InChI is InChI=1S/C26H36ClN3O3S/c1-17(2)8-11-29(26(32)28-18(3)4)15-25(31)30-12-9-24-21(10-13-34-24)23(30)16-33-20-6-7-22(27)19(5)14-20/h6-7,10,13-14,17-18,23H,8-9,11-12,15-16H2,1-5H3,(H,28,32). The number of hydrogen-bond acceptors (Lipinski definition) is 4. The number of fused-ring (bicyclic) bond motifs is 1. The summed E-state index contributed by atoms with van der Waals surface area (Å²) in [5.74, 6) is 1.11. The van der Waals surface area contributed by atoms with Gasteiger partial charge in [0.05, 0.1) is 6.04 Å². The molecule has 2 aromatic rings. The third kappa shape index (κ3) is 6.89. The second-order valence-electron chi connectivity index (χ2n) is 9.58. The van der Waals surface area contributed by atoms with Crippen molar-refractivity contribution in [3.05, 3.63) is 50.7 Å². The van der Waals surface area contributed by atoms with Crippen molar-refractivity contribution in [2.75, 3.05) is 26.2 Å². The smallest absolute Gasteiger partial charge is 0.318 e. The van der Waals surface area contributed by atoms with E-state index in [9.17, 15) is 9.59 Å². The minimum absolute atomic E-state index is 0.0106. The Morgan fingerprint density at radius 1 is 1.26 bits per heavy atom. The van der Waals surface area contributed by atoms with E-state index in [1.165, 1.54) is 4.88 Å². The first kappa shape index (κ1) is 26.4. The third-order valence-corrected chi connectivity index (χ3v) is 7.37. The number of benzene rings is 1. The number of carbonyl (C=O) groups excluding carboxylic acids is 2. The van der Waals surface area contributed by atoms with Crippen LogP contribution in [0.2, 0.25) is 5.02 Å². The van der Waals surface area contributed by atoms with Crippen LogP contribution < -0.4 is 10.1 Å². The van der Waals surface area contributed by atoms with E-state index in [2.05, 4.69) is 30.6 Å². The molecule has 0 spiro atoms. The van der Waals surface area contributed by atoms with Crippen molar-refractivity contribution in [2.45, 2.75) is 59.5 Å². The quantitative estimate of drug-likeness (QED) is 0.476. The van der Waals surface area contributed by atoms with Gasteiger partial charge in [0.15, 0.2) is 0 Å². The molecule has 0 radical (unpaired) electrons. The lowest BCUT2D eigenvalue weighted by Crippen LogP contribution is -2.51. The molecule has 1 aromatic carbocycles. The Kier molecular flexibility index (Phi) is 9.25. The number of aryl methyl sites for hydroxylation is 1. The molecule has 6 nitrogen and oxygen atoms in total. The molecule has 1 aliphatic rings. The van der Waals surface area contributed by atoms with Crippen molar-refractivity contribution < 1.29 is 14.3 Å². The molecule has 1 N–H and O–H groups in total. The molecule has 186 valence electrons. The summed E-state index contributed by atoms with van der Waals surface area (Å²) >= 11 is 7.87. The highest BCUT2D eigenvalue weighted by Gasteiger charge is 2.33. The molecule has 2 heterocycles. The second kappa shape index (κ2) is 11.9. The Morgan fingerprint density at radius 2 is 2.03 bits per heavy atom. The van der Waals surface area contributed by atoms with Crippen LogP contribution in [-0.2, 0) is 11.2 Å². The van der Waals surface area contributed by atoms with E-state index in [-0.39, 0.29) is 30.6 Å². The Labute approximate surface area is 212 Å². The SMILES string of the molecule is Cc1cc(OCC2c3ccsc3CCN2C(=O)CN(CCC(C)C)C(=O)NC(C)C)ccc1Cl. The van der Waals surface area contributed by atoms with Gasteiger partial charge < -0.3 is 19.9 Å². The third-order valence-electron chi connectivity index (χ3n) is 5.95. The summed E-state index contributed by atoms with van der Waals surface area (Å²) in [4.78, 5) is 31.1. The van der Waals surface area contributed by atoms with Crippen molar-refractivity contribution in [3.8, 4) is 5.75 Å². The largest absolute Gasteiger partial charge is 0.491 e. The molecule has 0 bridgehead atoms. The van der Waals surface area contributed by atoms with Gasteiger partial charge in [0.1, 0.15) is 18.9 Å². The number of rotatable bonds is 9. The summed E-state index contributed by atoms with van der Waals surface area (Å²) < 4.78 is 6.13. The lowest BCUT2D eigenvalue weighted by Gasteiger charge is -2.37. The van der Waals surface area contributed by atoms with Crippen molar-refractivity contribution >= 4 is 34.9 Å². The predicted octanol–water partition coefficient (Wildman–Crippen LogP) is 5.68. The molecule has 8 heteroatoms. The molecule has 1 aromatic heterocycles. The number of amides is 3. The van der Waals surface area contributed by atoms with Gasteiger partial charge in [0.2, 0.25) is 5.91 Å². The lowest BCUT2D eigenvalue weighted by molar-refractivity contribution is -0.135. The van der Waals surface area contributed by atoms with Gasteiger partial charge in [-0.15, -0.1) is 11.3 Å². The number of nitrogens with one attached hydrogen (secondary N) is 1. The van der Waals surface area contributed by atoms with Gasteiger partial charge in [-0.1, -0.05) is 25.4 Å². The number of ether oxygens (including phenoxy) is 1. The number of urea groups is 1. The van der Waals surface area contributed by atoms with Crippen molar-refractivity contribution in [1.29, 1.82) is 0 Å². The van der Waals surface area contributed by atoms with E-state index in [0.29, 0.717) is 30.6 Å². The zero-order chi connectivity index (χ0) is 24.8. The molecule has 3 amide bonds. The van der Waals surface area contributed by atoms with Crippen LogP contribution in [-0.4, -0.2) is 54.0 Å². The minimum atomic E-state index is -0.196. The lowest BCUT2D eigenvalue weighted by atomic mass is 10.0. The molecule has 0 fully saturated rings. The normalized spacial score (nSPS) is 15.4. The molecule has 34 heavy (non-hydrogen) atoms. The average molecular weight is 506 g/mol. The number of carbonyl (C=O) groups is 2. The Morgan fingerprint density at radius 3 is 2.71 bits per heavy atom. The monoisotopic (exact) mass is 505 g/mol. The maximum absolute atomic E-state index is 13.5. The highest BCUT2D eigenvalue weighted by molar-refractivity contribution is 7.10. The second-order valence-corrected chi connectivity index (χ2v) is 11.0. The van der Waals surface area contributed by atoms with E-state index in [4.69, 9.17) is 16.3 Å². The maximum atomic E-state index is 13.5. The maximum Gasteiger partial charge on any atom is 0.318 e. The summed E-state index contributed by atoms with van der Waals surface area (Å²) in [6, 6.07) is 7.30. The zero-order valence-electron chi connectivity index (χ0n) is 20.8. The number of nitrogens with zero attached hydrogens (tertiary/aromatic N) is 2. The fourth-order valence-electron chi connectivity index (χ4n) is 4.02. The van der Waals surface area contributed by atoms with Crippen LogP contribution in [0.25, 0.3) is 0 Å². The summed E-state index contributed by atoms with van der Waals surface area (Å²) in [5.41, 5.74) is 2.08. The van der Waals surface area contributed by atoms with Gasteiger partial charge in [0.25, 0.3) is 0 Å². The first-order valence-corrected chi connectivity index (χ1v) is 13.2. The highest BCUT2D eigenvalue weighted by Crippen LogP contribution is 2.34. The van der Waals surface area contributed by atoms with Gasteiger partial charge >= 0.3 is 6.03 Å². The van der Waals surface area contributed by atoms with E-state index in [0.717, 1.165) is 29.7 Å². The van der Waals surface area contributed by atoms with Gasteiger partial charge in [-0.05, 0) is 80.3 Å². The number of hydrogen-bond donors (Lipinski definition) is 1. The van der Waals surface area contributed by atoms with E-state index in [1.807, 2.05) is 43.9 Å². The molecular weight excluding hydrogens is 470 g/mol. The number of thiophene rings is 1. The van der Waals surface area contributed by atoms with Crippen molar-refractivity contribution in [1.82, 2.24) is 15.1 Å². The van der Waals surface area contributed by atoms with Crippen LogP contribution in [0.3, 0.4) is 0 Å². The van der Waals surface area contributed by atoms with E-state index in [1.54, 1.807) is 16.2 Å². The van der Waals surface area contributed by atoms with Gasteiger partial charge in [0, 0.05) is 29.0 Å². The first-order valence-electron chi connectivity index (χ1n) is 12.0. The minimum Gasteiger partial charge on any atom is -0.491 e. The Hall–Kier alpha value is -2.25. The van der Waals surface area contributed by atoms with Gasteiger partial charge in [-0.3, -0.25) is 4.79 Å². The molecule has 1 unspecified atom stereocenters. The van der Waals surface area contributed by atoms with E-state index >= 15 is 0 Å². The first-order chi connectivity index (χ1) is 16.2. The van der Waals surface area contributed by atoms with Crippen LogP contribution >= 0.6 is 22.9 Å². The molecule has 1 atom stereocenters. The highest BCUT2D eigenvalue weighted by atomic mass is 35.5. The van der Waals surface area contributed by atoms with Crippen LogP contribution in [0.4, 0.5) is 4.79 Å². The average Bonchev–Trinajstić information content (AvgIpc) is 3.25. The molecule has 0 aliphatic carbocycles. The molecule has 0 saturated heterocycles. The van der Waals surface area contributed by atoms with Crippen LogP contribution in [0.15, 0.2) is 29.6 Å². The van der Waals surface area contributed by atoms with Crippen molar-refractivity contribution in [3.63, 3.8) is 0 Å². The van der Waals surface area contributed by atoms with Gasteiger partial charge in [-0.25, -0.2) is 4.79 Å².